The Balaban J connectivity index is 2.32. The van der Waals surface area contributed by atoms with E-state index >= 15 is 0 Å². The molecule has 0 aliphatic heterocycles. The number of hydrogen-bond acceptors (Lipinski definition) is 4. The molecule has 0 spiro atoms. The summed E-state index contributed by atoms with van der Waals surface area (Å²) in [6.45, 7) is 0. The standard InChI is InChI=1S/C14H11BrFNO3/c1-19-14(18)8-2-5-12(17)13(6-8)20-9-3-4-11(16)10(15)7-9/h2-7H,17H2,1H3. The minimum atomic E-state index is -0.491. The zero-order valence-electron chi connectivity index (χ0n) is 10.5. The lowest BCUT2D eigenvalue weighted by atomic mass is 10.2. The number of esters is 1. The van der Waals surface area contributed by atoms with E-state index in [-0.39, 0.29) is 4.47 Å². The molecule has 0 saturated heterocycles. The molecule has 2 rings (SSSR count). The second kappa shape index (κ2) is 5.92. The van der Waals surface area contributed by atoms with Crippen molar-refractivity contribution in [3.05, 3.63) is 52.3 Å². The highest BCUT2D eigenvalue weighted by molar-refractivity contribution is 9.10. The van der Waals surface area contributed by atoms with Crippen LogP contribution in [-0.2, 0) is 4.74 Å². The van der Waals surface area contributed by atoms with Gasteiger partial charge in [0.2, 0.25) is 0 Å². The van der Waals surface area contributed by atoms with Crippen LogP contribution in [0.25, 0.3) is 0 Å². The highest BCUT2D eigenvalue weighted by Crippen LogP contribution is 2.30. The second-order valence-corrected chi connectivity index (χ2v) is 4.78. The molecular formula is C14H11BrFNO3. The summed E-state index contributed by atoms with van der Waals surface area (Å²) in [5.74, 6) is -0.192. The van der Waals surface area contributed by atoms with Gasteiger partial charge in [-0.15, -0.1) is 0 Å². The SMILES string of the molecule is COC(=O)c1ccc(N)c(Oc2ccc(F)c(Br)c2)c1. The number of ether oxygens (including phenoxy) is 2. The van der Waals surface area contributed by atoms with Crippen molar-refractivity contribution in [2.75, 3.05) is 12.8 Å². The summed E-state index contributed by atoms with van der Waals surface area (Å²) in [4.78, 5) is 11.5. The van der Waals surface area contributed by atoms with E-state index in [1.54, 1.807) is 6.07 Å². The van der Waals surface area contributed by atoms with Gasteiger partial charge in [-0.05, 0) is 52.3 Å². The minimum absolute atomic E-state index is 0.276. The van der Waals surface area contributed by atoms with Gasteiger partial charge in [0.25, 0.3) is 0 Å². The molecule has 2 aromatic rings. The van der Waals surface area contributed by atoms with Gasteiger partial charge in [0.1, 0.15) is 11.6 Å². The van der Waals surface area contributed by atoms with Gasteiger partial charge in [0.05, 0.1) is 22.8 Å². The molecule has 20 heavy (non-hydrogen) atoms. The largest absolute Gasteiger partial charge is 0.465 e. The van der Waals surface area contributed by atoms with E-state index < -0.39 is 11.8 Å². The first-order chi connectivity index (χ1) is 9.51. The topological polar surface area (TPSA) is 61.5 Å². The van der Waals surface area contributed by atoms with Gasteiger partial charge in [-0.3, -0.25) is 0 Å². The zero-order chi connectivity index (χ0) is 14.7. The van der Waals surface area contributed by atoms with Crippen LogP contribution in [0.3, 0.4) is 0 Å². The monoisotopic (exact) mass is 339 g/mol. The molecule has 4 nitrogen and oxygen atoms in total. The molecule has 0 saturated carbocycles. The van der Waals surface area contributed by atoms with Crippen molar-refractivity contribution in [2.24, 2.45) is 0 Å². The molecule has 0 aliphatic carbocycles. The summed E-state index contributed by atoms with van der Waals surface area (Å²) in [5, 5.41) is 0. The molecule has 6 heteroatoms. The molecule has 2 N–H and O–H groups in total. The zero-order valence-corrected chi connectivity index (χ0v) is 12.1. The van der Waals surface area contributed by atoms with Gasteiger partial charge in [0, 0.05) is 0 Å². The molecule has 104 valence electrons. The first-order valence-electron chi connectivity index (χ1n) is 5.62. The van der Waals surface area contributed by atoms with Crippen LogP contribution in [0.15, 0.2) is 40.9 Å². The number of anilines is 1. The molecule has 0 aromatic heterocycles. The van der Waals surface area contributed by atoms with Crippen LogP contribution in [0.5, 0.6) is 11.5 Å². The summed E-state index contributed by atoms with van der Waals surface area (Å²) in [6.07, 6.45) is 0. The first-order valence-corrected chi connectivity index (χ1v) is 6.41. The third kappa shape index (κ3) is 3.08. The van der Waals surface area contributed by atoms with Crippen LogP contribution in [0.2, 0.25) is 0 Å². The number of nitrogen functional groups attached to an aromatic ring is 1. The van der Waals surface area contributed by atoms with E-state index in [0.29, 0.717) is 22.7 Å². The number of halogens is 2. The molecule has 0 unspecified atom stereocenters. The Bertz CT molecular complexity index is 661. The lowest BCUT2D eigenvalue weighted by Gasteiger charge is -2.10. The molecule has 0 bridgehead atoms. The molecule has 0 heterocycles. The maximum absolute atomic E-state index is 13.1. The van der Waals surface area contributed by atoms with Gasteiger partial charge < -0.3 is 15.2 Å². The molecule has 0 fully saturated rings. The van der Waals surface area contributed by atoms with E-state index in [0.717, 1.165) is 0 Å². The van der Waals surface area contributed by atoms with Crippen molar-refractivity contribution in [1.29, 1.82) is 0 Å². The van der Waals surface area contributed by atoms with Crippen molar-refractivity contribution in [1.82, 2.24) is 0 Å². The average molecular weight is 340 g/mol. The van der Waals surface area contributed by atoms with Crippen LogP contribution in [0.1, 0.15) is 10.4 Å². The highest BCUT2D eigenvalue weighted by Gasteiger charge is 2.11. The van der Waals surface area contributed by atoms with Crippen LogP contribution in [0, 0.1) is 5.82 Å². The molecule has 0 aliphatic rings. The number of benzene rings is 2. The first kappa shape index (κ1) is 14.3. The predicted octanol–water partition coefficient (Wildman–Crippen LogP) is 3.75. The highest BCUT2D eigenvalue weighted by atomic mass is 79.9. The normalized spacial score (nSPS) is 10.2. The number of rotatable bonds is 3. The fourth-order valence-electron chi connectivity index (χ4n) is 1.53. The molecule has 0 atom stereocenters. The maximum atomic E-state index is 13.1. The lowest BCUT2D eigenvalue weighted by Crippen LogP contribution is -2.02. The summed E-state index contributed by atoms with van der Waals surface area (Å²) in [7, 11) is 1.29. The number of carbonyl (C=O) groups is 1. The fourth-order valence-corrected chi connectivity index (χ4v) is 1.89. The van der Waals surface area contributed by atoms with E-state index in [1.165, 1.54) is 37.4 Å². The van der Waals surface area contributed by atoms with Crippen molar-refractivity contribution in [2.45, 2.75) is 0 Å². The number of carbonyl (C=O) groups excluding carboxylic acids is 1. The summed E-state index contributed by atoms with van der Waals surface area (Å²) < 4.78 is 23.6. The van der Waals surface area contributed by atoms with E-state index in [2.05, 4.69) is 20.7 Å². The fraction of sp³-hybridized carbons (Fsp3) is 0.0714. The number of nitrogens with two attached hydrogens (primary N) is 1. The molecule has 0 radical (unpaired) electrons. The summed E-state index contributed by atoms with van der Waals surface area (Å²) in [5.41, 5.74) is 6.46. The van der Waals surface area contributed by atoms with E-state index in [9.17, 15) is 9.18 Å². The third-order valence-electron chi connectivity index (χ3n) is 2.55. The summed E-state index contributed by atoms with van der Waals surface area (Å²) >= 11 is 3.07. The van der Waals surface area contributed by atoms with Crippen molar-refractivity contribution < 1.29 is 18.7 Å². The molecule has 0 amide bonds. The number of methoxy groups -OCH3 is 1. The van der Waals surface area contributed by atoms with Crippen LogP contribution in [0.4, 0.5) is 10.1 Å². The van der Waals surface area contributed by atoms with Crippen LogP contribution in [-0.4, -0.2) is 13.1 Å². The number of hydrogen-bond donors (Lipinski definition) is 1. The van der Waals surface area contributed by atoms with Gasteiger partial charge in [-0.25, -0.2) is 9.18 Å². The van der Waals surface area contributed by atoms with Gasteiger partial charge in [-0.2, -0.15) is 0 Å². The minimum Gasteiger partial charge on any atom is -0.465 e. The van der Waals surface area contributed by atoms with E-state index in [1.807, 2.05) is 0 Å². The van der Waals surface area contributed by atoms with Crippen LogP contribution < -0.4 is 10.5 Å². The maximum Gasteiger partial charge on any atom is 0.337 e. The Kier molecular flexibility index (Phi) is 4.24. The van der Waals surface area contributed by atoms with E-state index in [4.69, 9.17) is 10.5 Å². The van der Waals surface area contributed by atoms with Gasteiger partial charge in [0.15, 0.2) is 5.75 Å². The Morgan fingerprint density at radius 3 is 2.65 bits per heavy atom. The Labute approximate surface area is 123 Å². The summed E-state index contributed by atoms with van der Waals surface area (Å²) in [6, 6.07) is 8.75. The molecular weight excluding hydrogens is 329 g/mol. The smallest absolute Gasteiger partial charge is 0.337 e. The molecule has 2 aromatic carbocycles. The van der Waals surface area contributed by atoms with Crippen molar-refractivity contribution in [3.8, 4) is 11.5 Å². The van der Waals surface area contributed by atoms with Gasteiger partial charge >= 0.3 is 5.97 Å². The third-order valence-corrected chi connectivity index (χ3v) is 3.16. The Morgan fingerprint density at radius 2 is 2.00 bits per heavy atom. The average Bonchev–Trinajstić information content (AvgIpc) is 2.44. The Morgan fingerprint density at radius 1 is 1.25 bits per heavy atom. The van der Waals surface area contributed by atoms with Crippen LogP contribution >= 0.6 is 15.9 Å². The van der Waals surface area contributed by atoms with Crippen molar-refractivity contribution in [3.63, 3.8) is 0 Å². The Hall–Kier alpha value is -2.08. The van der Waals surface area contributed by atoms with Crippen molar-refractivity contribution >= 4 is 27.6 Å². The second-order valence-electron chi connectivity index (χ2n) is 3.92. The quantitative estimate of drug-likeness (QED) is 0.683. The predicted molar refractivity (Wildman–Crippen MR) is 76.4 cm³/mol. The van der Waals surface area contributed by atoms with Gasteiger partial charge in [-0.1, -0.05) is 0 Å². The lowest BCUT2D eigenvalue weighted by molar-refractivity contribution is 0.0600.